The maximum Gasteiger partial charge on any atom is 0.394 e. The number of benzene rings is 1. The van der Waals surface area contributed by atoms with Gasteiger partial charge >= 0.3 is 18.2 Å². The molecule has 0 spiro atoms. The van der Waals surface area contributed by atoms with Crippen LogP contribution in [-0.4, -0.2) is 39.2 Å². The van der Waals surface area contributed by atoms with E-state index in [4.69, 9.17) is 4.74 Å². The predicted octanol–water partition coefficient (Wildman–Crippen LogP) is 4.77. The quantitative estimate of drug-likeness (QED) is 0.814. The highest BCUT2D eigenvalue weighted by atomic mass is 19.4. The lowest BCUT2D eigenvalue weighted by atomic mass is 9.88. The number of hydrogen-bond acceptors (Lipinski definition) is 4. The molecule has 28 heavy (non-hydrogen) atoms. The fourth-order valence-corrected chi connectivity index (χ4v) is 3.39. The van der Waals surface area contributed by atoms with Crippen molar-refractivity contribution in [3.63, 3.8) is 0 Å². The summed E-state index contributed by atoms with van der Waals surface area (Å²) in [5.74, 6) is -1.07. The van der Waals surface area contributed by atoms with Crippen LogP contribution in [0.4, 0.5) is 23.7 Å². The van der Waals surface area contributed by atoms with Crippen LogP contribution in [0.25, 0.3) is 0 Å². The molecule has 0 saturated carbocycles. The molecule has 3 rings (SSSR count). The van der Waals surface area contributed by atoms with Crippen molar-refractivity contribution in [2.75, 3.05) is 11.9 Å². The van der Waals surface area contributed by atoms with E-state index in [0.717, 1.165) is 5.69 Å². The minimum Gasteiger partial charge on any atom is -0.424 e. The Hall–Kier alpha value is -2.84. The van der Waals surface area contributed by atoms with Gasteiger partial charge in [0.15, 0.2) is 0 Å². The third-order valence-corrected chi connectivity index (χ3v) is 4.92. The molecule has 0 radical (unpaired) electrons. The Morgan fingerprint density at radius 2 is 1.93 bits per heavy atom. The summed E-state index contributed by atoms with van der Waals surface area (Å²) in [6.45, 7) is 4.75. The second kappa shape index (κ2) is 7.29. The molecule has 2 aromatic rings. The lowest BCUT2D eigenvalue weighted by molar-refractivity contribution is -0.189. The van der Waals surface area contributed by atoms with Crippen LogP contribution in [-0.2, 0) is 0 Å². The second-order valence-electron chi connectivity index (χ2n) is 7.23. The number of nitrogens with zero attached hydrogens (tertiary/aromatic N) is 3. The Bertz CT molecular complexity index is 853. The van der Waals surface area contributed by atoms with Crippen LogP contribution >= 0.6 is 0 Å². The number of amides is 2. The van der Waals surface area contributed by atoms with Gasteiger partial charge in [0, 0.05) is 24.1 Å². The fourth-order valence-electron chi connectivity index (χ4n) is 3.39. The molecule has 1 aliphatic rings. The summed E-state index contributed by atoms with van der Waals surface area (Å²) in [6.07, 6.45) is -2.86. The zero-order chi connectivity index (χ0) is 20.5. The van der Waals surface area contributed by atoms with Gasteiger partial charge in [-0.1, -0.05) is 0 Å². The molecule has 0 bridgehead atoms. The van der Waals surface area contributed by atoms with E-state index in [-0.39, 0.29) is 19.0 Å². The number of carbonyl (C=O) groups excluding carboxylic acids is 1. The third kappa shape index (κ3) is 4.18. The second-order valence-corrected chi connectivity index (χ2v) is 7.23. The lowest BCUT2D eigenvalue weighted by Gasteiger charge is -2.36. The van der Waals surface area contributed by atoms with Crippen molar-refractivity contribution in [2.45, 2.75) is 38.9 Å². The highest BCUT2D eigenvalue weighted by molar-refractivity contribution is 5.90. The van der Waals surface area contributed by atoms with E-state index in [1.165, 1.54) is 18.7 Å². The molecule has 1 atom stereocenters. The number of nitrogens with one attached hydrogen (secondary N) is 1. The van der Waals surface area contributed by atoms with Crippen LogP contribution in [0.1, 0.15) is 26.0 Å². The molecule has 6 nitrogen and oxygen atoms in total. The first kappa shape index (κ1) is 19.9. The van der Waals surface area contributed by atoms with E-state index in [2.05, 4.69) is 15.3 Å². The predicted molar refractivity (Wildman–Crippen MR) is 97.3 cm³/mol. The van der Waals surface area contributed by atoms with Crippen LogP contribution in [0.5, 0.6) is 11.8 Å². The summed E-state index contributed by atoms with van der Waals surface area (Å²) in [6, 6.07) is 7.83. The summed E-state index contributed by atoms with van der Waals surface area (Å²) in [5.41, 5.74) is -0.0958. The van der Waals surface area contributed by atoms with Gasteiger partial charge in [0.1, 0.15) is 5.75 Å². The summed E-state index contributed by atoms with van der Waals surface area (Å²) in [7, 11) is 0. The Balaban J connectivity index is 1.65. The maximum absolute atomic E-state index is 13.2. The van der Waals surface area contributed by atoms with Crippen molar-refractivity contribution in [3.8, 4) is 11.8 Å². The van der Waals surface area contributed by atoms with Gasteiger partial charge in [0.2, 0.25) is 0 Å². The molecule has 1 aromatic carbocycles. The van der Waals surface area contributed by atoms with Crippen LogP contribution in [0.2, 0.25) is 0 Å². The first-order chi connectivity index (χ1) is 13.1. The van der Waals surface area contributed by atoms with E-state index < -0.39 is 23.7 Å². The zero-order valence-corrected chi connectivity index (χ0v) is 15.7. The first-order valence-electron chi connectivity index (χ1n) is 8.80. The van der Waals surface area contributed by atoms with Gasteiger partial charge in [0.25, 0.3) is 0 Å². The van der Waals surface area contributed by atoms with Gasteiger partial charge in [-0.05, 0) is 57.5 Å². The van der Waals surface area contributed by atoms with E-state index in [0.29, 0.717) is 11.4 Å². The molecule has 1 aliphatic heterocycles. The Morgan fingerprint density at radius 3 is 2.50 bits per heavy atom. The highest BCUT2D eigenvalue weighted by Gasteiger charge is 2.56. The number of urea groups is 1. The van der Waals surface area contributed by atoms with Crippen LogP contribution in [0.3, 0.4) is 0 Å². The highest BCUT2D eigenvalue weighted by Crippen LogP contribution is 2.44. The number of ether oxygens (including phenoxy) is 1. The average Bonchev–Trinajstić information content (AvgIpc) is 2.92. The number of anilines is 1. The number of rotatable bonds is 3. The number of alkyl halides is 3. The summed E-state index contributed by atoms with van der Waals surface area (Å²) in [5, 5.41) is 2.64. The maximum atomic E-state index is 13.2. The molecular weight excluding hydrogens is 373 g/mol. The van der Waals surface area contributed by atoms with Crippen molar-refractivity contribution in [1.82, 2.24) is 14.9 Å². The molecule has 1 aromatic heterocycles. The van der Waals surface area contributed by atoms with E-state index in [1.54, 1.807) is 36.5 Å². The molecule has 1 saturated heterocycles. The Morgan fingerprint density at radius 1 is 1.25 bits per heavy atom. The topological polar surface area (TPSA) is 67.3 Å². The number of aryl methyl sites for hydroxylation is 1. The average molecular weight is 394 g/mol. The molecule has 1 fully saturated rings. The monoisotopic (exact) mass is 394 g/mol. The minimum atomic E-state index is -4.34. The van der Waals surface area contributed by atoms with Gasteiger partial charge < -0.3 is 15.0 Å². The number of hydrogen-bond donors (Lipinski definition) is 1. The zero-order valence-electron chi connectivity index (χ0n) is 15.7. The number of aromatic nitrogens is 2. The Labute approximate surface area is 160 Å². The number of carbonyl (C=O) groups is 1. The molecule has 2 heterocycles. The van der Waals surface area contributed by atoms with Gasteiger partial charge in [-0.2, -0.15) is 13.2 Å². The van der Waals surface area contributed by atoms with E-state index >= 15 is 0 Å². The molecule has 2 amide bonds. The fraction of sp³-hybridized carbons (Fsp3) is 0.421. The van der Waals surface area contributed by atoms with Crippen LogP contribution in [0.15, 0.2) is 36.5 Å². The molecule has 0 unspecified atom stereocenters. The van der Waals surface area contributed by atoms with Crippen molar-refractivity contribution in [3.05, 3.63) is 42.2 Å². The third-order valence-electron chi connectivity index (χ3n) is 4.92. The molecule has 0 aliphatic carbocycles. The lowest BCUT2D eigenvalue weighted by Crippen LogP contribution is -2.51. The largest absolute Gasteiger partial charge is 0.424 e. The summed E-state index contributed by atoms with van der Waals surface area (Å²) < 4.78 is 45.1. The van der Waals surface area contributed by atoms with E-state index in [9.17, 15) is 18.0 Å². The van der Waals surface area contributed by atoms with Gasteiger partial charge in [0.05, 0.1) is 11.5 Å². The minimum absolute atomic E-state index is 0.0505. The molecule has 150 valence electrons. The van der Waals surface area contributed by atoms with Crippen molar-refractivity contribution < 1.29 is 22.7 Å². The number of likely N-dealkylation sites (tertiary alicyclic amines) is 1. The van der Waals surface area contributed by atoms with Crippen molar-refractivity contribution in [2.24, 2.45) is 5.92 Å². The van der Waals surface area contributed by atoms with Gasteiger partial charge in [-0.15, -0.1) is 0 Å². The molecular formula is C19H21F3N4O2. The Kier molecular flexibility index (Phi) is 5.18. The number of halogens is 3. The van der Waals surface area contributed by atoms with Crippen LogP contribution < -0.4 is 10.1 Å². The van der Waals surface area contributed by atoms with Crippen LogP contribution in [0, 0.1) is 12.8 Å². The van der Waals surface area contributed by atoms with Gasteiger partial charge in [-0.25, -0.2) is 14.8 Å². The van der Waals surface area contributed by atoms with Gasteiger partial charge in [-0.3, -0.25) is 0 Å². The molecule has 1 N–H and O–H groups in total. The summed E-state index contributed by atoms with van der Waals surface area (Å²) in [4.78, 5) is 21.9. The van der Waals surface area contributed by atoms with E-state index in [1.807, 2.05) is 6.92 Å². The van der Waals surface area contributed by atoms with Crippen molar-refractivity contribution >= 4 is 11.7 Å². The molecule has 9 heteroatoms. The first-order valence-corrected chi connectivity index (χ1v) is 8.80. The SMILES string of the molecule is Cc1ccnc(Oc2ccc(NC(=O)N3CC[C@@H](C(F)(F)F)C3(C)C)cc2)n1. The summed E-state index contributed by atoms with van der Waals surface area (Å²) >= 11 is 0. The normalized spacial score (nSPS) is 18.8. The smallest absolute Gasteiger partial charge is 0.394 e. The standard InChI is InChI=1S/C19H21F3N4O2/c1-12-8-10-23-16(24-12)28-14-6-4-13(5-7-14)25-17(27)26-11-9-15(18(26,2)3)19(20,21)22/h4-8,10,15H,9,11H2,1-3H3,(H,25,27)/t15-/m1/s1. The van der Waals surface area contributed by atoms with Crippen molar-refractivity contribution in [1.29, 1.82) is 0 Å².